The van der Waals surface area contributed by atoms with Gasteiger partial charge in [0.1, 0.15) is 0 Å². The summed E-state index contributed by atoms with van der Waals surface area (Å²) < 4.78 is 0.841. The van der Waals surface area contributed by atoms with Crippen LogP contribution < -0.4 is 0 Å². The van der Waals surface area contributed by atoms with Gasteiger partial charge in [-0.3, -0.25) is 14.5 Å². The molecule has 0 spiro atoms. The lowest BCUT2D eigenvalue weighted by atomic mass is 10.1. The van der Waals surface area contributed by atoms with Crippen molar-refractivity contribution in [3.63, 3.8) is 0 Å². The highest BCUT2D eigenvalue weighted by Crippen LogP contribution is 2.21. The lowest BCUT2D eigenvalue weighted by molar-refractivity contribution is -0.142. The van der Waals surface area contributed by atoms with Crippen molar-refractivity contribution in [2.24, 2.45) is 0 Å². The summed E-state index contributed by atoms with van der Waals surface area (Å²) in [5.74, 6) is -1.77. The van der Waals surface area contributed by atoms with E-state index in [9.17, 15) is 9.59 Å². The quantitative estimate of drug-likeness (QED) is 0.605. The fourth-order valence-electron chi connectivity index (χ4n) is 1.93. The first-order valence-corrected chi connectivity index (χ1v) is 7.48. The SMILES string of the molecule is O=C(O)CN(CC(=O)O)Cc1ccc(-c2nncnn2)cc1I. The van der Waals surface area contributed by atoms with Crippen molar-refractivity contribution in [3.8, 4) is 11.4 Å². The van der Waals surface area contributed by atoms with E-state index < -0.39 is 11.9 Å². The third-order valence-electron chi connectivity index (χ3n) is 2.83. The standard InChI is InChI=1S/C13H12IN5O4/c14-10-3-8(13-17-15-7-16-18-13)1-2-9(10)4-19(5-11(20)21)6-12(22)23/h1-3,7H,4-6H2,(H,20,21)(H,22,23). The van der Waals surface area contributed by atoms with Gasteiger partial charge in [0.25, 0.3) is 0 Å². The molecule has 120 valence electrons. The van der Waals surface area contributed by atoms with Gasteiger partial charge in [0.05, 0.1) is 13.1 Å². The molecule has 0 amide bonds. The molecular formula is C13H12IN5O4. The highest BCUT2D eigenvalue weighted by atomic mass is 127. The number of aliphatic carboxylic acids is 2. The molecule has 0 bridgehead atoms. The fourth-order valence-corrected chi connectivity index (χ4v) is 2.61. The van der Waals surface area contributed by atoms with Gasteiger partial charge < -0.3 is 10.2 Å². The Bertz CT molecular complexity index is 697. The third-order valence-corrected chi connectivity index (χ3v) is 3.84. The number of carboxylic acid groups (broad SMARTS) is 2. The largest absolute Gasteiger partial charge is 0.480 e. The molecule has 0 saturated heterocycles. The fraction of sp³-hybridized carbons (Fsp3) is 0.231. The summed E-state index contributed by atoms with van der Waals surface area (Å²) in [6.07, 6.45) is 1.23. The van der Waals surface area contributed by atoms with E-state index in [1.165, 1.54) is 11.2 Å². The van der Waals surface area contributed by atoms with Crippen LogP contribution in [0.15, 0.2) is 24.5 Å². The van der Waals surface area contributed by atoms with E-state index in [4.69, 9.17) is 10.2 Å². The van der Waals surface area contributed by atoms with Crippen LogP contribution in [0.1, 0.15) is 5.56 Å². The number of carboxylic acids is 2. The average Bonchev–Trinajstić information content (AvgIpc) is 2.49. The molecule has 0 fully saturated rings. The van der Waals surface area contributed by atoms with Gasteiger partial charge in [0.15, 0.2) is 6.33 Å². The summed E-state index contributed by atoms with van der Waals surface area (Å²) >= 11 is 2.10. The molecule has 1 aromatic carbocycles. The van der Waals surface area contributed by atoms with Crippen molar-refractivity contribution in [1.29, 1.82) is 0 Å². The Kier molecular flexibility index (Phi) is 5.87. The van der Waals surface area contributed by atoms with Crippen LogP contribution in [0.2, 0.25) is 0 Å². The molecule has 0 radical (unpaired) electrons. The summed E-state index contributed by atoms with van der Waals surface area (Å²) in [5.41, 5.74) is 1.54. The second-order valence-corrected chi connectivity index (χ2v) is 5.77. The molecule has 1 heterocycles. The summed E-state index contributed by atoms with van der Waals surface area (Å²) in [4.78, 5) is 23.0. The molecule has 0 atom stereocenters. The van der Waals surface area contributed by atoms with E-state index in [0.29, 0.717) is 5.82 Å². The number of rotatable bonds is 7. The summed E-state index contributed by atoms with van der Waals surface area (Å²) in [7, 11) is 0. The second kappa shape index (κ2) is 7.87. The van der Waals surface area contributed by atoms with Crippen molar-refractivity contribution in [1.82, 2.24) is 25.3 Å². The minimum Gasteiger partial charge on any atom is -0.480 e. The molecule has 2 aromatic rings. The molecule has 0 unspecified atom stereocenters. The van der Waals surface area contributed by atoms with E-state index in [1.54, 1.807) is 12.1 Å². The van der Waals surface area contributed by atoms with Gasteiger partial charge in [0.2, 0.25) is 5.82 Å². The highest BCUT2D eigenvalue weighted by molar-refractivity contribution is 14.1. The van der Waals surface area contributed by atoms with Gasteiger partial charge >= 0.3 is 11.9 Å². The van der Waals surface area contributed by atoms with Gasteiger partial charge in [-0.05, 0) is 34.2 Å². The Morgan fingerprint density at radius 2 is 1.70 bits per heavy atom. The van der Waals surface area contributed by atoms with Crippen molar-refractivity contribution in [3.05, 3.63) is 33.7 Å². The summed E-state index contributed by atoms with van der Waals surface area (Å²) in [5, 5.41) is 32.8. The van der Waals surface area contributed by atoms with E-state index in [0.717, 1.165) is 14.7 Å². The molecule has 2 rings (SSSR count). The minimum absolute atomic E-state index is 0.212. The Morgan fingerprint density at radius 3 is 2.22 bits per heavy atom. The second-order valence-electron chi connectivity index (χ2n) is 4.61. The number of aromatic nitrogens is 4. The number of carbonyl (C=O) groups is 2. The van der Waals surface area contributed by atoms with E-state index in [-0.39, 0.29) is 19.6 Å². The zero-order valence-electron chi connectivity index (χ0n) is 11.8. The molecule has 9 nitrogen and oxygen atoms in total. The Morgan fingerprint density at radius 1 is 1.09 bits per heavy atom. The van der Waals surface area contributed by atoms with Crippen molar-refractivity contribution in [2.75, 3.05) is 13.1 Å². The van der Waals surface area contributed by atoms with Crippen molar-refractivity contribution < 1.29 is 19.8 Å². The van der Waals surface area contributed by atoms with Gasteiger partial charge in [-0.25, -0.2) is 0 Å². The van der Waals surface area contributed by atoms with Crippen LogP contribution in [0.5, 0.6) is 0 Å². The van der Waals surface area contributed by atoms with Crippen LogP contribution in [-0.2, 0) is 16.1 Å². The van der Waals surface area contributed by atoms with Gasteiger partial charge in [-0.1, -0.05) is 12.1 Å². The lowest BCUT2D eigenvalue weighted by Crippen LogP contribution is -2.34. The molecule has 0 aliphatic rings. The maximum atomic E-state index is 10.8. The average molecular weight is 429 g/mol. The van der Waals surface area contributed by atoms with E-state index >= 15 is 0 Å². The minimum atomic E-state index is -1.08. The topological polar surface area (TPSA) is 129 Å². The molecule has 0 aliphatic heterocycles. The molecule has 2 N–H and O–H groups in total. The normalized spacial score (nSPS) is 10.7. The number of halogens is 1. The zero-order chi connectivity index (χ0) is 16.8. The molecule has 10 heteroatoms. The Hall–Kier alpha value is -2.21. The van der Waals surface area contributed by atoms with Gasteiger partial charge in [-0.2, -0.15) is 0 Å². The number of benzene rings is 1. The molecule has 0 saturated carbocycles. The van der Waals surface area contributed by atoms with Crippen LogP contribution in [0.25, 0.3) is 11.4 Å². The van der Waals surface area contributed by atoms with E-state index in [2.05, 4.69) is 43.0 Å². The predicted octanol–water partition coefficient (Wildman–Crippen LogP) is 0.509. The monoisotopic (exact) mass is 429 g/mol. The van der Waals surface area contributed by atoms with Crippen LogP contribution in [0, 0.1) is 3.57 Å². The maximum absolute atomic E-state index is 10.8. The van der Waals surface area contributed by atoms with Gasteiger partial charge in [-0.15, -0.1) is 20.4 Å². The lowest BCUT2D eigenvalue weighted by Gasteiger charge is -2.19. The summed E-state index contributed by atoms with van der Waals surface area (Å²) in [6, 6.07) is 5.36. The highest BCUT2D eigenvalue weighted by Gasteiger charge is 2.16. The maximum Gasteiger partial charge on any atom is 0.317 e. The molecular weight excluding hydrogens is 417 g/mol. The Labute approximate surface area is 144 Å². The molecule has 1 aromatic heterocycles. The van der Waals surface area contributed by atoms with Crippen molar-refractivity contribution >= 4 is 34.5 Å². The van der Waals surface area contributed by atoms with Crippen LogP contribution >= 0.6 is 22.6 Å². The Balaban J connectivity index is 2.19. The van der Waals surface area contributed by atoms with E-state index in [1.807, 2.05) is 6.07 Å². The summed E-state index contributed by atoms with van der Waals surface area (Å²) in [6.45, 7) is -0.483. The third kappa shape index (κ3) is 5.17. The first-order chi connectivity index (χ1) is 11.0. The van der Waals surface area contributed by atoms with Crippen LogP contribution in [-0.4, -0.2) is 60.5 Å². The smallest absolute Gasteiger partial charge is 0.317 e. The van der Waals surface area contributed by atoms with Gasteiger partial charge in [0, 0.05) is 15.7 Å². The molecule has 0 aliphatic carbocycles. The number of hydrogen-bond acceptors (Lipinski definition) is 7. The number of nitrogens with zero attached hydrogens (tertiary/aromatic N) is 5. The van der Waals surface area contributed by atoms with Crippen LogP contribution in [0.3, 0.4) is 0 Å². The first-order valence-electron chi connectivity index (χ1n) is 6.41. The molecule has 23 heavy (non-hydrogen) atoms. The zero-order valence-corrected chi connectivity index (χ0v) is 13.9. The predicted molar refractivity (Wildman–Crippen MR) is 86.3 cm³/mol. The number of hydrogen-bond donors (Lipinski definition) is 2. The first kappa shape index (κ1) is 17.1. The van der Waals surface area contributed by atoms with Crippen molar-refractivity contribution in [2.45, 2.75) is 6.54 Å². The van der Waals surface area contributed by atoms with Crippen LogP contribution in [0.4, 0.5) is 0 Å².